The Morgan fingerprint density at radius 1 is 1.60 bits per heavy atom. The second-order valence-electron chi connectivity index (χ2n) is 1.98. The zero-order valence-electron chi connectivity index (χ0n) is 5.32. The van der Waals surface area contributed by atoms with Gasteiger partial charge < -0.3 is 0 Å². The summed E-state index contributed by atoms with van der Waals surface area (Å²) in [4.78, 5) is 4.28. The molecule has 0 aromatic heterocycles. The number of halogens is 1. The van der Waals surface area contributed by atoms with E-state index in [2.05, 4.69) is 3.25 Å². The van der Waals surface area contributed by atoms with Crippen molar-refractivity contribution in [1.82, 2.24) is 0 Å². The molecule has 6 N–H and O–H groups in total. The van der Waals surface area contributed by atoms with Crippen LogP contribution in [-0.4, -0.2) is 17.9 Å². The molecule has 60 valence electrons. The van der Waals surface area contributed by atoms with E-state index in [0.717, 1.165) is 0 Å². The summed E-state index contributed by atoms with van der Waals surface area (Å²) in [6, 6.07) is -1.58. The van der Waals surface area contributed by atoms with E-state index in [0.29, 0.717) is 0 Å². The van der Waals surface area contributed by atoms with Crippen molar-refractivity contribution in [1.29, 1.82) is 0 Å². The van der Waals surface area contributed by atoms with Crippen LogP contribution in [0.15, 0.2) is 3.25 Å². The molecule has 0 aliphatic carbocycles. The third-order valence-corrected chi connectivity index (χ3v) is 2.58. The average Bonchev–Trinajstić information content (AvgIpc) is 1.56. The first kappa shape index (κ1) is 8.39. The number of hydrogen-bond donors (Lipinski definition) is 3. The van der Waals surface area contributed by atoms with Crippen molar-refractivity contribution in [2.45, 2.75) is 6.03 Å². The highest BCUT2D eigenvalue weighted by Gasteiger charge is 2.38. The molecule has 0 saturated heterocycles. The third-order valence-electron chi connectivity index (χ3n) is 0.664. The van der Waals surface area contributed by atoms with Crippen LogP contribution in [0.3, 0.4) is 0 Å². The largest absolute Gasteiger partial charge is 0.354 e. The molecule has 1 aliphatic heterocycles. The third kappa shape index (κ3) is 2.16. The highest BCUT2D eigenvalue weighted by molar-refractivity contribution is 14.1. The van der Waals surface area contributed by atoms with Crippen molar-refractivity contribution in [3.05, 3.63) is 0 Å². The Bertz CT molecular complexity index is 167. The molecule has 1 rings (SSSR count). The first-order chi connectivity index (χ1) is 4.41. The minimum atomic E-state index is -1.58. The van der Waals surface area contributed by atoms with Crippen molar-refractivity contribution < 1.29 is 12.8 Å². The van der Waals surface area contributed by atoms with Crippen LogP contribution < -0.4 is 17.3 Å². The number of nitrogens with zero attached hydrogens (tertiary/aromatic N) is 2. The molecule has 0 amide bonds. The van der Waals surface area contributed by atoms with Gasteiger partial charge in [-0.2, -0.15) is 0 Å². The second-order valence-corrected chi connectivity index (χ2v) is 3.24. The molecule has 1 unspecified atom stereocenters. The summed E-state index contributed by atoms with van der Waals surface area (Å²) in [5.74, 6) is 5.39. The summed E-state index contributed by atoms with van der Waals surface area (Å²) in [6.45, 7) is 0. The molecule has 8 heteroatoms. The van der Waals surface area contributed by atoms with Crippen LogP contribution in [-0.2, 0) is 7.90 Å². The lowest BCUT2D eigenvalue weighted by Crippen LogP contribution is -2.63. The van der Waals surface area contributed by atoms with Gasteiger partial charge in [0.05, 0.1) is 0 Å². The van der Waals surface area contributed by atoms with Gasteiger partial charge in [-0.3, -0.25) is 11.5 Å². The van der Waals surface area contributed by atoms with Gasteiger partial charge in [-0.15, -0.1) is 5.84 Å². The number of hydroxylamine groups is 1. The number of nitrogens with two attached hydrogens (primary N) is 3. The minimum Gasteiger partial charge on any atom is -0.261 e. The van der Waals surface area contributed by atoms with Crippen LogP contribution in [0, 0.1) is 0 Å². The van der Waals surface area contributed by atoms with Gasteiger partial charge in [0.1, 0.15) is 7.05 Å². The standard InChI is InChI=1S/C2H9IN5O2/c1-8(6)7-3-9-2(4,5)10-8/h4-6H2,1H3/q+1. The van der Waals surface area contributed by atoms with Gasteiger partial charge >= 0.3 is 6.03 Å². The van der Waals surface area contributed by atoms with Gasteiger partial charge in [-0.05, 0) is 0 Å². The first-order valence-corrected chi connectivity index (χ1v) is 4.24. The predicted octanol–water partition coefficient (Wildman–Crippen LogP) is -1.22. The normalized spacial score (nSPS) is 38.8. The molecule has 10 heavy (non-hydrogen) atoms. The van der Waals surface area contributed by atoms with E-state index >= 15 is 0 Å². The van der Waals surface area contributed by atoms with Crippen LogP contribution in [0.1, 0.15) is 0 Å². The lowest BCUT2D eigenvalue weighted by atomic mass is 10.9. The summed E-state index contributed by atoms with van der Waals surface area (Å²) >= 11 is -0.868. The Morgan fingerprint density at radius 3 is 2.50 bits per heavy atom. The molecule has 1 heterocycles. The summed E-state index contributed by atoms with van der Waals surface area (Å²) in [5, 5.41) is 0. The predicted molar refractivity (Wildman–Crippen MR) is 40.1 cm³/mol. The molecule has 0 saturated carbocycles. The van der Waals surface area contributed by atoms with Crippen LogP contribution in [0.25, 0.3) is 0 Å². The van der Waals surface area contributed by atoms with Gasteiger partial charge in [-0.25, -0.2) is 3.07 Å². The highest BCUT2D eigenvalue weighted by Crippen LogP contribution is 2.22. The van der Waals surface area contributed by atoms with Crippen LogP contribution >= 0.6 is 21.4 Å². The van der Waals surface area contributed by atoms with Crippen molar-refractivity contribution in [3.8, 4) is 0 Å². The molecule has 1 atom stereocenters. The summed E-state index contributed by atoms with van der Waals surface area (Å²) in [6.07, 6.45) is 0. The maximum atomic E-state index is 5.39. The smallest absolute Gasteiger partial charge is 0.261 e. The number of rotatable bonds is 0. The minimum absolute atomic E-state index is 0.486. The van der Waals surface area contributed by atoms with E-state index in [9.17, 15) is 0 Å². The Labute approximate surface area is 68.2 Å². The van der Waals surface area contributed by atoms with Crippen LogP contribution in [0.5, 0.6) is 0 Å². The van der Waals surface area contributed by atoms with E-state index in [1.54, 1.807) is 0 Å². The maximum Gasteiger partial charge on any atom is 0.354 e. The highest BCUT2D eigenvalue weighted by atomic mass is 127. The van der Waals surface area contributed by atoms with Crippen LogP contribution in [0.4, 0.5) is 0 Å². The molecule has 0 aromatic rings. The van der Waals surface area contributed by atoms with Gasteiger partial charge in [0.15, 0.2) is 0 Å². The zero-order chi connectivity index (χ0) is 7.83. The van der Waals surface area contributed by atoms with Gasteiger partial charge in [-0.1, -0.05) is 4.84 Å². The van der Waals surface area contributed by atoms with Gasteiger partial charge in [0, 0.05) is 8.12 Å². The van der Waals surface area contributed by atoms with Crippen molar-refractivity contribution >= 4 is 21.4 Å². The molecule has 0 spiro atoms. The van der Waals surface area contributed by atoms with Crippen LogP contribution in [0.2, 0.25) is 0 Å². The molecule has 0 fully saturated rings. The maximum absolute atomic E-state index is 5.39. The Morgan fingerprint density at radius 2 is 2.20 bits per heavy atom. The molecule has 0 aromatic carbocycles. The molecular weight excluding hydrogens is 253 g/mol. The lowest BCUT2D eigenvalue weighted by Gasteiger charge is -2.28. The lowest BCUT2D eigenvalue weighted by molar-refractivity contribution is -1.12. The number of quaternary nitrogens is 1. The topological polar surface area (TPSA) is 109 Å². The fourth-order valence-electron chi connectivity index (χ4n) is 0.449. The molecular formula is C2H9IN5O2+. The molecule has 0 bridgehead atoms. The zero-order valence-corrected chi connectivity index (χ0v) is 7.48. The number of hydrogen-bond acceptors (Lipinski definition) is 6. The summed E-state index contributed by atoms with van der Waals surface area (Å²) < 4.78 is 8.56. The molecule has 1 aliphatic rings. The monoisotopic (exact) mass is 262 g/mol. The van der Waals surface area contributed by atoms with E-state index in [4.69, 9.17) is 25.2 Å². The SMILES string of the molecule is C[N+]1(N)N=IOC(N)(N)O1. The van der Waals surface area contributed by atoms with Crippen molar-refractivity contribution in [2.24, 2.45) is 20.6 Å². The quantitative estimate of drug-likeness (QED) is 0.219. The average molecular weight is 262 g/mol. The van der Waals surface area contributed by atoms with E-state index in [-0.39, 0.29) is 0 Å². The van der Waals surface area contributed by atoms with Gasteiger partial charge in [0.25, 0.3) is 0 Å². The fourth-order valence-corrected chi connectivity index (χ4v) is 1.36. The van der Waals surface area contributed by atoms with Gasteiger partial charge in [0.2, 0.25) is 21.4 Å². The van der Waals surface area contributed by atoms with E-state index in [1.807, 2.05) is 0 Å². The Balaban J connectivity index is 2.73. The molecule has 7 nitrogen and oxygen atoms in total. The summed E-state index contributed by atoms with van der Waals surface area (Å²) in [5.41, 5.74) is 10.5. The fraction of sp³-hybridized carbons (Fsp3) is 1.00. The Kier molecular flexibility index (Phi) is 2.02. The second kappa shape index (κ2) is 2.41. The Hall–Kier alpha value is 0.290. The van der Waals surface area contributed by atoms with E-state index < -0.39 is 32.3 Å². The summed E-state index contributed by atoms with van der Waals surface area (Å²) in [7, 11) is 1.51. The van der Waals surface area contributed by atoms with Crippen molar-refractivity contribution in [3.63, 3.8) is 0 Å². The molecule has 0 radical (unpaired) electrons. The first-order valence-electron chi connectivity index (χ1n) is 2.40. The van der Waals surface area contributed by atoms with Crippen molar-refractivity contribution in [2.75, 3.05) is 7.05 Å². The van der Waals surface area contributed by atoms with E-state index in [1.165, 1.54) is 7.05 Å².